The number of rotatable bonds is 5. The molecule has 2 N–H and O–H groups in total. The Morgan fingerprint density at radius 3 is 2.10 bits per heavy atom. The first kappa shape index (κ1) is 29.1. The van der Waals surface area contributed by atoms with E-state index in [1.165, 1.54) is 26.2 Å². The van der Waals surface area contributed by atoms with Gasteiger partial charge in [-0.1, -0.05) is 32.9 Å². The average molecular weight is 569 g/mol. The molecule has 7 rings (SSSR count). The lowest BCUT2D eigenvalue weighted by atomic mass is 9.48. The maximum absolute atomic E-state index is 13.8. The fraction of sp³-hybridized carbons (Fsp3) is 0.794. The van der Waals surface area contributed by atoms with Crippen LogP contribution in [-0.4, -0.2) is 51.3 Å². The Labute approximate surface area is 244 Å². The minimum absolute atomic E-state index is 0.0260. The summed E-state index contributed by atoms with van der Waals surface area (Å²) in [6, 6.07) is 0. The second-order valence-electron chi connectivity index (χ2n) is 15.9. The minimum Gasteiger partial charge on any atom is -0.461 e. The number of carbonyl (C=O) groups excluding carboxylic acids is 3. The Morgan fingerprint density at radius 1 is 0.951 bits per heavy atom. The van der Waals surface area contributed by atoms with Crippen molar-refractivity contribution in [3.63, 3.8) is 0 Å². The highest BCUT2D eigenvalue weighted by molar-refractivity contribution is 6.04. The van der Waals surface area contributed by atoms with Crippen molar-refractivity contribution in [2.24, 2.45) is 46.3 Å². The van der Waals surface area contributed by atoms with Gasteiger partial charge >= 0.3 is 11.9 Å². The lowest BCUT2D eigenvalue weighted by Gasteiger charge is -2.62. The van der Waals surface area contributed by atoms with Crippen molar-refractivity contribution in [1.29, 1.82) is 0 Å². The van der Waals surface area contributed by atoms with E-state index in [9.17, 15) is 24.6 Å². The Balaban J connectivity index is 1.33. The zero-order chi connectivity index (χ0) is 29.8. The first-order valence-corrected chi connectivity index (χ1v) is 15.7. The van der Waals surface area contributed by atoms with Gasteiger partial charge in [0.05, 0.1) is 12.0 Å². The number of ketones is 1. The molecule has 5 saturated carbocycles. The van der Waals surface area contributed by atoms with Crippen LogP contribution in [0.4, 0.5) is 0 Å². The predicted octanol–water partition coefficient (Wildman–Crippen LogP) is 5.08. The molecule has 0 aromatic heterocycles. The molecule has 41 heavy (non-hydrogen) atoms. The summed E-state index contributed by atoms with van der Waals surface area (Å²) in [5.41, 5.74) is -3.87. The quantitative estimate of drug-likeness (QED) is 0.352. The molecule has 0 heterocycles. The van der Waals surface area contributed by atoms with Crippen LogP contribution in [0.5, 0.6) is 0 Å². The summed E-state index contributed by atoms with van der Waals surface area (Å²) in [4.78, 5) is 38.8. The van der Waals surface area contributed by atoms with Crippen molar-refractivity contribution in [3.8, 4) is 0 Å². The van der Waals surface area contributed by atoms with Crippen LogP contribution < -0.4 is 0 Å². The first-order chi connectivity index (χ1) is 19.0. The molecule has 0 aromatic carbocycles. The molecule has 7 aliphatic rings. The second-order valence-corrected chi connectivity index (χ2v) is 15.9. The van der Waals surface area contributed by atoms with E-state index in [1.807, 2.05) is 33.8 Å². The molecule has 226 valence electrons. The van der Waals surface area contributed by atoms with Gasteiger partial charge in [0.1, 0.15) is 17.8 Å². The highest BCUT2D eigenvalue weighted by Crippen LogP contribution is 2.64. The molecule has 7 heteroatoms. The third kappa shape index (κ3) is 4.30. The maximum Gasteiger partial charge on any atom is 0.306 e. The number of carbonyl (C=O) groups is 3. The van der Waals surface area contributed by atoms with Crippen molar-refractivity contribution in [2.45, 2.75) is 116 Å². The van der Waals surface area contributed by atoms with Crippen molar-refractivity contribution in [2.75, 3.05) is 6.61 Å². The van der Waals surface area contributed by atoms with Crippen LogP contribution in [0.15, 0.2) is 23.3 Å². The highest BCUT2D eigenvalue weighted by atomic mass is 16.6. The fourth-order valence-electron chi connectivity index (χ4n) is 10.9. The Hall–Kier alpha value is -1.99. The molecule has 0 radical (unpaired) electrons. The van der Waals surface area contributed by atoms with E-state index in [1.54, 1.807) is 13.0 Å². The van der Waals surface area contributed by atoms with E-state index in [4.69, 9.17) is 9.47 Å². The van der Waals surface area contributed by atoms with E-state index >= 15 is 0 Å². The van der Waals surface area contributed by atoms with Gasteiger partial charge in [-0.15, -0.1) is 0 Å². The number of hydrogen-bond donors (Lipinski definition) is 2. The first-order valence-electron chi connectivity index (χ1n) is 15.7. The summed E-state index contributed by atoms with van der Waals surface area (Å²) in [5, 5.41) is 24.6. The molecule has 0 saturated heterocycles. The van der Waals surface area contributed by atoms with Gasteiger partial charge in [0.25, 0.3) is 0 Å². The smallest absolute Gasteiger partial charge is 0.306 e. The molecule has 0 spiro atoms. The van der Waals surface area contributed by atoms with Crippen molar-refractivity contribution >= 4 is 17.7 Å². The molecule has 7 aliphatic carbocycles. The fourth-order valence-corrected chi connectivity index (χ4v) is 10.9. The SMILES string of the molecule is CC(=O)OCC1=C[C@H]2C(C)(C)[C@](C)(OC(=O)CC34CC5CC(CC(C5)C3)C4)C[C@@H](C)[C@]2(O)[C@@H]2C=C(C)C(=O)[C@@]2(O)C1. The van der Waals surface area contributed by atoms with Crippen molar-refractivity contribution in [1.82, 2.24) is 0 Å². The third-order valence-electron chi connectivity index (χ3n) is 12.7. The molecule has 0 amide bonds. The van der Waals surface area contributed by atoms with Gasteiger partial charge < -0.3 is 19.7 Å². The summed E-state index contributed by atoms with van der Waals surface area (Å²) in [7, 11) is 0. The standard InChI is InChI=1S/C34H48O7/c1-19-7-27-33(38,29(19)37)16-25(18-40-21(3)35)11-26-30(4,5)31(6,12-20(2)34(26,27)39)41-28(36)17-32-13-22-8-23(14-32)10-24(9-22)15-32/h7,11,20,22-24,26-27,38-39H,8-10,12-18H2,1-6H3/t20-,22?,23?,24?,26+,27-,31-,32?,33-,34-/m1/s1. The van der Waals surface area contributed by atoms with Crippen LogP contribution in [-0.2, 0) is 23.9 Å². The molecule has 0 aliphatic heterocycles. The van der Waals surface area contributed by atoms with Crippen LogP contribution in [0.1, 0.15) is 99.3 Å². The van der Waals surface area contributed by atoms with Crippen LogP contribution in [0.2, 0.25) is 0 Å². The van der Waals surface area contributed by atoms with Crippen molar-refractivity contribution < 1.29 is 34.1 Å². The van der Waals surface area contributed by atoms with E-state index in [0.717, 1.165) is 37.0 Å². The number of ether oxygens (including phenoxy) is 2. The maximum atomic E-state index is 13.8. The normalized spacial score (nSPS) is 47.6. The Kier molecular flexibility index (Phi) is 6.57. The Morgan fingerprint density at radius 2 is 1.54 bits per heavy atom. The van der Waals surface area contributed by atoms with Gasteiger partial charge in [0, 0.05) is 30.6 Å². The average Bonchev–Trinajstić information content (AvgIpc) is 3.00. The number of hydrogen-bond acceptors (Lipinski definition) is 7. The van der Waals surface area contributed by atoms with Crippen molar-refractivity contribution in [3.05, 3.63) is 23.3 Å². The second kappa shape index (κ2) is 9.25. The third-order valence-corrected chi connectivity index (χ3v) is 12.7. The zero-order valence-corrected chi connectivity index (χ0v) is 25.6. The number of aliphatic hydroxyl groups is 2. The van der Waals surface area contributed by atoms with E-state index < -0.39 is 51.7 Å². The molecule has 6 atom stereocenters. The summed E-state index contributed by atoms with van der Waals surface area (Å²) in [5.74, 6) is -0.553. The molecule has 7 nitrogen and oxygen atoms in total. The van der Waals surface area contributed by atoms with Crippen LogP contribution in [0.3, 0.4) is 0 Å². The number of fused-ring (bicyclic) bond motifs is 3. The van der Waals surface area contributed by atoms with Gasteiger partial charge in [-0.2, -0.15) is 0 Å². The molecule has 5 fully saturated rings. The lowest BCUT2D eigenvalue weighted by Crippen LogP contribution is -2.68. The molecular formula is C34H48O7. The molecule has 0 aromatic rings. The van der Waals surface area contributed by atoms with Gasteiger partial charge in [0.15, 0.2) is 5.78 Å². The van der Waals surface area contributed by atoms with Crippen LogP contribution in [0.25, 0.3) is 0 Å². The van der Waals surface area contributed by atoms with E-state index in [2.05, 4.69) is 0 Å². The Bertz CT molecular complexity index is 1190. The van der Waals surface area contributed by atoms with Gasteiger partial charge in [-0.3, -0.25) is 14.4 Å². The van der Waals surface area contributed by atoms with E-state index in [-0.39, 0.29) is 24.4 Å². The van der Waals surface area contributed by atoms with Gasteiger partial charge in [0.2, 0.25) is 0 Å². The van der Waals surface area contributed by atoms with E-state index in [0.29, 0.717) is 24.0 Å². The molecule has 0 unspecified atom stereocenters. The van der Waals surface area contributed by atoms with Crippen LogP contribution >= 0.6 is 0 Å². The summed E-state index contributed by atoms with van der Waals surface area (Å²) < 4.78 is 11.9. The number of esters is 2. The van der Waals surface area contributed by atoms with Gasteiger partial charge in [-0.05, 0) is 99.0 Å². The van der Waals surface area contributed by atoms with Gasteiger partial charge in [-0.25, -0.2) is 0 Å². The summed E-state index contributed by atoms with van der Waals surface area (Å²) >= 11 is 0. The summed E-state index contributed by atoms with van der Waals surface area (Å²) in [6.07, 6.45) is 11.8. The molecule has 4 bridgehead atoms. The minimum atomic E-state index is -1.83. The monoisotopic (exact) mass is 568 g/mol. The highest BCUT2D eigenvalue weighted by Gasteiger charge is 2.70. The zero-order valence-electron chi connectivity index (χ0n) is 25.6. The number of Topliss-reactive ketones (excluding diaryl/α,β-unsaturated/α-hetero) is 1. The summed E-state index contributed by atoms with van der Waals surface area (Å²) in [6.45, 7) is 10.9. The molecular weight excluding hydrogens is 520 g/mol. The topological polar surface area (TPSA) is 110 Å². The predicted molar refractivity (Wildman–Crippen MR) is 152 cm³/mol. The largest absolute Gasteiger partial charge is 0.461 e. The van der Waals surface area contributed by atoms with Crippen LogP contribution in [0, 0.1) is 46.3 Å². The lowest BCUT2D eigenvalue weighted by molar-refractivity contribution is -0.247.